The second kappa shape index (κ2) is 16.3. The average molecular weight is 675 g/mol. The molecular formula is C34H41Cl2N3O5S. The summed E-state index contributed by atoms with van der Waals surface area (Å²) in [5.41, 5.74) is 2.14. The van der Waals surface area contributed by atoms with Crippen LogP contribution in [0.5, 0.6) is 5.75 Å². The Bertz CT molecular complexity index is 1530. The fourth-order valence-electron chi connectivity index (χ4n) is 5.64. The summed E-state index contributed by atoms with van der Waals surface area (Å²) in [4.78, 5) is 29.5. The Kier molecular flexibility index (Phi) is 12.6. The molecule has 1 atom stereocenters. The van der Waals surface area contributed by atoms with Crippen molar-refractivity contribution in [1.82, 2.24) is 10.2 Å². The lowest BCUT2D eigenvalue weighted by Gasteiger charge is -2.33. The van der Waals surface area contributed by atoms with E-state index in [0.29, 0.717) is 34.5 Å². The van der Waals surface area contributed by atoms with E-state index in [1.165, 1.54) is 4.31 Å². The van der Waals surface area contributed by atoms with Crippen molar-refractivity contribution in [2.75, 3.05) is 23.7 Å². The predicted molar refractivity (Wildman–Crippen MR) is 180 cm³/mol. The highest BCUT2D eigenvalue weighted by Crippen LogP contribution is 2.26. The molecule has 242 valence electrons. The van der Waals surface area contributed by atoms with Gasteiger partial charge in [-0.1, -0.05) is 72.4 Å². The molecule has 3 aromatic carbocycles. The van der Waals surface area contributed by atoms with Crippen molar-refractivity contribution in [1.29, 1.82) is 0 Å². The third kappa shape index (κ3) is 10.1. The van der Waals surface area contributed by atoms with Crippen LogP contribution in [0.1, 0.15) is 56.6 Å². The van der Waals surface area contributed by atoms with Crippen LogP contribution in [0.3, 0.4) is 0 Å². The Morgan fingerprint density at radius 3 is 2.27 bits per heavy atom. The average Bonchev–Trinajstić information content (AvgIpc) is 3.52. The zero-order valence-electron chi connectivity index (χ0n) is 25.8. The number of carbonyl (C=O) groups is 2. The summed E-state index contributed by atoms with van der Waals surface area (Å²) in [5.74, 6) is 0.179. The van der Waals surface area contributed by atoms with Crippen LogP contribution in [-0.4, -0.2) is 56.6 Å². The molecule has 3 aromatic rings. The number of hydrogen-bond acceptors (Lipinski definition) is 5. The zero-order valence-corrected chi connectivity index (χ0v) is 28.1. The lowest BCUT2D eigenvalue weighted by Crippen LogP contribution is -2.52. The van der Waals surface area contributed by atoms with Gasteiger partial charge in [0.25, 0.3) is 0 Å². The van der Waals surface area contributed by atoms with Gasteiger partial charge in [0.05, 0.1) is 28.6 Å². The number of benzene rings is 3. The third-order valence-corrected chi connectivity index (χ3v) is 9.83. The Morgan fingerprint density at radius 1 is 0.956 bits per heavy atom. The lowest BCUT2D eigenvalue weighted by molar-refractivity contribution is -0.141. The van der Waals surface area contributed by atoms with Gasteiger partial charge in [0.1, 0.15) is 11.8 Å². The first-order valence-corrected chi connectivity index (χ1v) is 17.9. The maximum Gasteiger partial charge on any atom is 0.243 e. The van der Waals surface area contributed by atoms with Gasteiger partial charge >= 0.3 is 0 Å². The van der Waals surface area contributed by atoms with Gasteiger partial charge in [0.15, 0.2) is 0 Å². The molecule has 0 radical (unpaired) electrons. The second-order valence-electron chi connectivity index (χ2n) is 11.3. The minimum atomic E-state index is -3.63. The van der Waals surface area contributed by atoms with Crippen molar-refractivity contribution in [2.45, 2.75) is 70.5 Å². The Morgan fingerprint density at radius 2 is 1.64 bits per heavy atom. The van der Waals surface area contributed by atoms with E-state index in [9.17, 15) is 18.0 Å². The van der Waals surface area contributed by atoms with Gasteiger partial charge in [-0.3, -0.25) is 13.9 Å². The summed E-state index contributed by atoms with van der Waals surface area (Å²) in [6, 6.07) is 20.9. The largest absolute Gasteiger partial charge is 0.494 e. The number of nitrogens with zero attached hydrogens (tertiary/aromatic N) is 2. The van der Waals surface area contributed by atoms with Crippen LogP contribution in [-0.2, 0) is 32.6 Å². The fraction of sp³-hybridized carbons (Fsp3) is 0.412. The molecule has 11 heteroatoms. The molecule has 0 aliphatic heterocycles. The Balaban J connectivity index is 1.58. The van der Waals surface area contributed by atoms with Crippen molar-refractivity contribution >= 4 is 50.7 Å². The monoisotopic (exact) mass is 673 g/mol. The van der Waals surface area contributed by atoms with Crippen LogP contribution in [0.15, 0.2) is 72.8 Å². The van der Waals surface area contributed by atoms with E-state index in [-0.39, 0.29) is 43.8 Å². The summed E-state index contributed by atoms with van der Waals surface area (Å²) >= 11 is 12.5. The first kappa shape index (κ1) is 34.6. The topological polar surface area (TPSA) is 96.0 Å². The van der Waals surface area contributed by atoms with Crippen LogP contribution < -0.4 is 14.4 Å². The maximum absolute atomic E-state index is 14.1. The second-order valence-corrected chi connectivity index (χ2v) is 14.1. The van der Waals surface area contributed by atoms with Gasteiger partial charge in [-0.05, 0) is 73.7 Å². The fourth-order valence-corrected chi connectivity index (χ4v) is 6.92. The summed E-state index contributed by atoms with van der Waals surface area (Å²) in [6.07, 6.45) is 5.70. The molecule has 0 spiro atoms. The molecule has 1 aliphatic rings. The molecule has 1 fully saturated rings. The predicted octanol–water partition coefficient (Wildman–Crippen LogP) is 6.64. The van der Waals surface area contributed by atoms with Crippen molar-refractivity contribution in [3.8, 4) is 5.75 Å². The van der Waals surface area contributed by atoms with Crippen molar-refractivity contribution in [3.05, 3.63) is 94.0 Å². The van der Waals surface area contributed by atoms with Crippen molar-refractivity contribution in [3.63, 3.8) is 0 Å². The lowest BCUT2D eigenvalue weighted by atomic mass is 10.0. The molecule has 0 heterocycles. The number of nitrogens with one attached hydrogen (secondary N) is 1. The molecule has 1 N–H and O–H groups in total. The van der Waals surface area contributed by atoms with Crippen LogP contribution in [0.2, 0.25) is 10.0 Å². The van der Waals surface area contributed by atoms with Gasteiger partial charge < -0.3 is 15.0 Å². The zero-order chi connectivity index (χ0) is 32.4. The quantitative estimate of drug-likeness (QED) is 0.195. The molecule has 1 saturated carbocycles. The summed E-state index contributed by atoms with van der Waals surface area (Å²) in [5, 5.41) is 3.95. The first-order chi connectivity index (χ1) is 21.5. The highest BCUT2D eigenvalue weighted by molar-refractivity contribution is 7.92. The van der Waals surface area contributed by atoms with Crippen LogP contribution in [0, 0.1) is 0 Å². The summed E-state index contributed by atoms with van der Waals surface area (Å²) in [6.45, 7) is 2.61. The van der Waals surface area contributed by atoms with Crippen LogP contribution in [0.25, 0.3) is 0 Å². The number of hydrogen-bond donors (Lipinski definition) is 1. The van der Waals surface area contributed by atoms with E-state index in [1.807, 2.05) is 37.3 Å². The summed E-state index contributed by atoms with van der Waals surface area (Å²) in [7, 11) is -3.63. The van der Waals surface area contributed by atoms with E-state index < -0.39 is 16.1 Å². The van der Waals surface area contributed by atoms with E-state index >= 15 is 0 Å². The Hall–Kier alpha value is -3.27. The van der Waals surface area contributed by atoms with Crippen molar-refractivity contribution < 1.29 is 22.7 Å². The minimum absolute atomic E-state index is 0.0341. The van der Waals surface area contributed by atoms with Crippen LogP contribution in [0.4, 0.5) is 5.69 Å². The number of sulfonamides is 1. The molecule has 1 aliphatic carbocycles. The molecule has 2 amide bonds. The van der Waals surface area contributed by atoms with Gasteiger partial charge in [0.2, 0.25) is 21.8 Å². The number of anilines is 1. The normalized spacial score (nSPS) is 14.1. The van der Waals surface area contributed by atoms with Crippen LogP contribution >= 0.6 is 23.2 Å². The molecule has 0 saturated heterocycles. The molecule has 0 aromatic heterocycles. The Labute approximate surface area is 276 Å². The molecule has 45 heavy (non-hydrogen) atoms. The highest BCUT2D eigenvalue weighted by atomic mass is 35.5. The minimum Gasteiger partial charge on any atom is -0.494 e. The first-order valence-electron chi connectivity index (χ1n) is 15.3. The number of rotatable bonds is 15. The summed E-state index contributed by atoms with van der Waals surface area (Å²) < 4.78 is 32.3. The third-order valence-electron chi connectivity index (χ3n) is 7.90. The van der Waals surface area contributed by atoms with E-state index in [4.69, 9.17) is 27.9 Å². The molecule has 0 bridgehead atoms. The number of carbonyl (C=O) groups excluding carboxylic acids is 2. The number of ether oxygens (including phenoxy) is 1. The highest BCUT2D eigenvalue weighted by Gasteiger charge is 2.32. The smallest absolute Gasteiger partial charge is 0.243 e. The van der Waals surface area contributed by atoms with Gasteiger partial charge in [-0.25, -0.2) is 8.42 Å². The van der Waals surface area contributed by atoms with Gasteiger partial charge in [-0.15, -0.1) is 0 Å². The molecular weight excluding hydrogens is 633 g/mol. The molecule has 8 nitrogen and oxygen atoms in total. The maximum atomic E-state index is 14.1. The number of halogens is 2. The SMILES string of the molecule is CCOc1ccc(N(CCCC(=O)N(Cc2ccc(Cl)c(Cl)c2)[C@H](Cc2ccccc2)C(=O)NC2CCCC2)S(C)(=O)=O)cc1. The van der Waals surface area contributed by atoms with E-state index in [0.717, 1.165) is 43.1 Å². The van der Waals surface area contributed by atoms with E-state index in [1.54, 1.807) is 47.4 Å². The van der Waals surface area contributed by atoms with Gasteiger partial charge in [0, 0.05) is 32.0 Å². The number of amides is 2. The molecule has 4 rings (SSSR count). The standard InChI is InChI=1S/C34H41Cl2N3O5S/c1-3-44-29-18-16-28(17-19-29)39(45(2,42)43)21-9-14-33(40)38(24-26-15-20-30(35)31(36)22-26)32(23-25-10-5-4-6-11-25)34(41)37-27-12-7-8-13-27/h4-6,10-11,15-20,22,27,32H,3,7-9,12-14,21,23-24H2,1-2H3,(H,37,41)/t32-/m1/s1. The molecule has 0 unspecified atom stereocenters. The van der Waals surface area contributed by atoms with Gasteiger partial charge in [-0.2, -0.15) is 0 Å². The van der Waals surface area contributed by atoms with Crippen molar-refractivity contribution in [2.24, 2.45) is 0 Å². The van der Waals surface area contributed by atoms with E-state index in [2.05, 4.69) is 5.32 Å².